The summed E-state index contributed by atoms with van der Waals surface area (Å²) in [5, 5.41) is 1.26. The van der Waals surface area contributed by atoms with Crippen molar-refractivity contribution in [2.45, 2.75) is 38.1 Å². The number of hydrogen-bond donors (Lipinski definition) is 1. The number of nitroso groups, excluding NO2 is 1. The largest absolute Gasteiger partial charge is 0.343 e. The molecule has 0 fully saturated rings. The van der Waals surface area contributed by atoms with Crippen LogP contribution in [-0.2, 0) is 12.8 Å². The summed E-state index contributed by atoms with van der Waals surface area (Å²) in [5.74, 6) is 0. The minimum absolute atomic E-state index is 0.0733. The first-order chi connectivity index (χ1) is 10.7. The summed E-state index contributed by atoms with van der Waals surface area (Å²) in [6.45, 7) is 0. The molecule has 4 heteroatoms. The summed E-state index contributed by atoms with van der Waals surface area (Å²) in [5.41, 5.74) is 6.13. The predicted octanol–water partition coefficient (Wildman–Crippen LogP) is 3.56. The lowest BCUT2D eigenvalue weighted by molar-refractivity contribution is -0.545. The number of hydrogen-bond acceptors (Lipinski definition) is 2. The van der Waals surface area contributed by atoms with Crippen molar-refractivity contribution in [2.24, 2.45) is 0 Å². The molecule has 2 aliphatic rings. The molecule has 1 atom stereocenters. The highest BCUT2D eigenvalue weighted by Gasteiger charge is 2.23. The van der Waals surface area contributed by atoms with Crippen LogP contribution in [-0.4, -0.2) is 27.8 Å². The van der Waals surface area contributed by atoms with E-state index in [4.69, 9.17) is 0 Å². The van der Waals surface area contributed by atoms with Gasteiger partial charge in [-0.05, 0) is 54.5 Å². The molecule has 0 spiro atoms. The summed E-state index contributed by atoms with van der Waals surface area (Å²) >= 11 is 0. The monoisotopic (exact) mass is 294 g/mol. The van der Waals surface area contributed by atoms with Gasteiger partial charge in [0.05, 0.1) is 0 Å². The minimum Gasteiger partial charge on any atom is -0.343 e. The summed E-state index contributed by atoms with van der Waals surface area (Å²) in [6.07, 6.45) is 13.5. The maximum absolute atomic E-state index is 11.6. The summed E-state index contributed by atoms with van der Waals surface area (Å²) < 4.78 is 1.02. The fourth-order valence-electron chi connectivity index (χ4n) is 3.58. The van der Waals surface area contributed by atoms with Crippen LogP contribution in [0.25, 0.3) is 16.6 Å². The Kier molecular flexibility index (Phi) is 3.17. The van der Waals surface area contributed by atoms with E-state index < -0.39 is 0 Å². The molecule has 4 rings (SSSR count). The Labute approximate surface area is 129 Å². The lowest BCUT2D eigenvalue weighted by Gasteiger charge is -2.13. The number of aromatic amines is 1. The number of nitrogens with zero attached hydrogens (tertiary/aromatic N) is 2. The van der Waals surface area contributed by atoms with E-state index in [-0.39, 0.29) is 6.04 Å². The van der Waals surface area contributed by atoms with Crippen molar-refractivity contribution in [1.29, 1.82) is 0 Å². The number of rotatable bonds is 2. The van der Waals surface area contributed by atoms with E-state index in [9.17, 15) is 4.91 Å². The van der Waals surface area contributed by atoms with Gasteiger partial charge in [0.2, 0.25) is 6.04 Å². The highest BCUT2D eigenvalue weighted by Crippen LogP contribution is 2.31. The summed E-state index contributed by atoms with van der Waals surface area (Å²) in [4.78, 5) is 19.6. The Hall–Kier alpha value is -2.23. The Balaban J connectivity index is 1.75. The van der Waals surface area contributed by atoms with Crippen molar-refractivity contribution >= 4 is 16.6 Å². The quantitative estimate of drug-likeness (QED) is 0.861. The third kappa shape index (κ3) is 2.19. The fraction of sp³-hybridized carbons (Fsp3) is 0.389. The van der Waals surface area contributed by atoms with Crippen LogP contribution in [0, 0.1) is 4.91 Å². The van der Waals surface area contributed by atoms with E-state index in [0.717, 1.165) is 35.2 Å². The number of nitrogens with one attached hydrogen (secondary N) is 1. The van der Waals surface area contributed by atoms with Gasteiger partial charge >= 0.3 is 0 Å². The maximum Gasteiger partial charge on any atom is 0.223 e. The van der Waals surface area contributed by atoms with Crippen molar-refractivity contribution < 1.29 is 4.76 Å². The van der Waals surface area contributed by atoms with Crippen LogP contribution in [0.5, 0.6) is 0 Å². The highest BCUT2D eigenvalue weighted by molar-refractivity contribution is 5.85. The molecule has 22 heavy (non-hydrogen) atoms. The third-order valence-electron chi connectivity index (χ3n) is 4.85. The molecule has 0 bridgehead atoms. The molecule has 0 aromatic carbocycles. The molecule has 4 nitrogen and oxygen atoms in total. The van der Waals surface area contributed by atoms with Crippen LogP contribution < -0.4 is 0 Å². The van der Waals surface area contributed by atoms with E-state index in [1.54, 1.807) is 7.05 Å². The standard InChI is InChI=1S/C18H20N3O/c1-21(22)14-6-4-5-12(9-14)13-10-16-15-7-2-3-8-17(15)20-18(16)19-11-13/h4-6,10-11,14H,2-3,7-9H2,1H3,(H,19,20)/q+1. The molecule has 1 N–H and O–H groups in total. The number of allylic oxidation sites excluding steroid dienone is 2. The topological polar surface area (TPSA) is 48.8 Å². The van der Waals surface area contributed by atoms with Gasteiger partial charge in [0.15, 0.2) is 7.05 Å². The molecule has 0 aliphatic heterocycles. The molecule has 2 aromatic rings. The minimum atomic E-state index is -0.0733. The second-order valence-corrected chi connectivity index (χ2v) is 6.30. The van der Waals surface area contributed by atoms with Crippen LogP contribution in [0.15, 0.2) is 30.5 Å². The van der Waals surface area contributed by atoms with Gasteiger partial charge in [0, 0.05) is 33.4 Å². The van der Waals surface area contributed by atoms with E-state index in [1.165, 1.54) is 35.1 Å². The molecule has 0 saturated heterocycles. The van der Waals surface area contributed by atoms with E-state index in [1.807, 2.05) is 18.3 Å². The number of fused-ring (bicyclic) bond motifs is 3. The summed E-state index contributed by atoms with van der Waals surface area (Å²) in [7, 11) is 1.59. The van der Waals surface area contributed by atoms with Crippen LogP contribution >= 0.6 is 0 Å². The van der Waals surface area contributed by atoms with Gasteiger partial charge in [-0.2, -0.15) is 0 Å². The first kappa shape index (κ1) is 13.4. The number of aryl methyl sites for hydroxylation is 2. The predicted molar refractivity (Wildman–Crippen MR) is 87.8 cm³/mol. The molecular formula is C18H20N3O+. The van der Waals surface area contributed by atoms with Crippen molar-refractivity contribution in [3.8, 4) is 0 Å². The van der Waals surface area contributed by atoms with Gasteiger partial charge in [-0.25, -0.2) is 4.98 Å². The van der Waals surface area contributed by atoms with Crippen LogP contribution in [0.4, 0.5) is 0 Å². The van der Waals surface area contributed by atoms with Gasteiger partial charge < -0.3 is 4.98 Å². The SMILES string of the molecule is C[N+](=O)C1C=CC=C(c2cnc3[nH]c4c(c3c2)CCCC4)C1. The normalized spacial score (nSPS) is 20.8. The molecule has 2 aromatic heterocycles. The molecular weight excluding hydrogens is 274 g/mol. The molecule has 112 valence electrons. The average molecular weight is 294 g/mol. The molecule has 2 heterocycles. The first-order valence-electron chi connectivity index (χ1n) is 7.99. The Morgan fingerprint density at radius 1 is 1.32 bits per heavy atom. The van der Waals surface area contributed by atoms with E-state index >= 15 is 0 Å². The molecule has 0 radical (unpaired) electrons. The van der Waals surface area contributed by atoms with Crippen LogP contribution in [0.1, 0.15) is 36.1 Å². The summed E-state index contributed by atoms with van der Waals surface area (Å²) in [6, 6.07) is 2.17. The van der Waals surface area contributed by atoms with Gasteiger partial charge in [-0.3, -0.25) is 0 Å². The Bertz CT molecular complexity index is 813. The Morgan fingerprint density at radius 3 is 3.05 bits per heavy atom. The van der Waals surface area contributed by atoms with Crippen molar-refractivity contribution in [3.63, 3.8) is 0 Å². The van der Waals surface area contributed by atoms with Crippen LogP contribution in [0.3, 0.4) is 0 Å². The first-order valence-corrected chi connectivity index (χ1v) is 7.99. The van der Waals surface area contributed by atoms with Crippen LogP contribution in [0.2, 0.25) is 0 Å². The zero-order valence-corrected chi connectivity index (χ0v) is 12.8. The zero-order chi connectivity index (χ0) is 15.1. The lowest BCUT2D eigenvalue weighted by Crippen LogP contribution is -2.19. The second kappa shape index (κ2) is 5.20. The highest BCUT2D eigenvalue weighted by atomic mass is 16.3. The molecule has 0 saturated carbocycles. The number of H-pyrrole nitrogens is 1. The molecule has 2 aliphatic carbocycles. The molecule has 0 amide bonds. The number of likely N-dealkylation sites (N-methyl/N-ethyl adjacent to an activating group) is 1. The van der Waals surface area contributed by atoms with Gasteiger partial charge in [0.1, 0.15) is 5.65 Å². The smallest absolute Gasteiger partial charge is 0.223 e. The number of aromatic nitrogens is 2. The van der Waals surface area contributed by atoms with Crippen molar-refractivity contribution in [1.82, 2.24) is 9.97 Å². The van der Waals surface area contributed by atoms with Gasteiger partial charge in [0.25, 0.3) is 0 Å². The second-order valence-electron chi connectivity index (χ2n) is 6.30. The van der Waals surface area contributed by atoms with E-state index in [0.29, 0.717) is 0 Å². The lowest BCUT2D eigenvalue weighted by atomic mass is 9.92. The van der Waals surface area contributed by atoms with E-state index in [2.05, 4.69) is 22.1 Å². The maximum atomic E-state index is 11.6. The zero-order valence-electron chi connectivity index (χ0n) is 12.8. The van der Waals surface area contributed by atoms with Gasteiger partial charge in [-0.1, -0.05) is 12.2 Å². The average Bonchev–Trinajstić information content (AvgIpc) is 2.92. The molecule has 1 unspecified atom stereocenters. The van der Waals surface area contributed by atoms with Crippen molar-refractivity contribution in [3.05, 3.63) is 52.2 Å². The number of pyridine rings is 1. The third-order valence-corrected chi connectivity index (χ3v) is 4.85. The fourth-order valence-corrected chi connectivity index (χ4v) is 3.58. The Morgan fingerprint density at radius 2 is 2.18 bits per heavy atom. The van der Waals surface area contributed by atoms with Crippen molar-refractivity contribution in [2.75, 3.05) is 7.05 Å². The van der Waals surface area contributed by atoms with Gasteiger partial charge in [-0.15, -0.1) is 0 Å².